The minimum Gasteiger partial charge on any atom is -0.313 e. The SMILES string of the molecule is CCC1CN(CCC(NC)c2ccccc2Br)CCS1. The number of nitrogens with one attached hydrogen (secondary N) is 1. The van der Waals surface area contributed by atoms with Crippen LogP contribution in [0.1, 0.15) is 31.4 Å². The molecule has 0 saturated carbocycles. The van der Waals surface area contributed by atoms with Crippen LogP contribution >= 0.6 is 27.7 Å². The molecule has 1 fully saturated rings. The van der Waals surface area contributed by atoms with Crippen molar-refractivity contribution in [3.63, 3.8) is 0 Å². The third-order valence-electron chi connectivity index (χ3n) is 4.04. The molecule has 1 N–H and O–H groups in total. The van der Waals surface area contributed by atoms with Crippen LogP contribution in [-0.2, 0) is 0 Å². The molecule has 0 amide bonds. The Morgan fingerprint density at radius 2 is 2.25 bits per heavy atom. The fourth-order valence-electron chi connectivity index (χ4n) is 2.76. The van der Waals surface area contributed by atoms with Crippen molar-refractivity contribution in [2.24, 2.45) is 0 Å². The van der Waals surface area contributed by atoms with Crippen LogP contribution in [0, 0.1) is 0 Å². The van der Waals surface area contributed by atoms with Gasteiger partial charge in [-0.2, -0.15) is 11.8 Å². The number of rotatable bonds is 6. The van der Waals surface area contributed by atoms with E-state index in [1.807, 2.05) is 0 Å². The highest BCUT2D eigenvalue weighted by atomic mass is 79.9. The Kier molecular flexibility index (Phi) is 6.88. The van der Waals surface area contributed by atoms with Gasteiger partial charge in [0.25, 0.3) is 0 Å². The maximum Gasteiger partial charge on any atom is 0.0340 e. The van der Waals surface area contributed by atoms with Crippen LogP contribution in [-0.4, -0.2) is 42.6 Å². The Morgan fingerprint density at radius 3 is 2.95 bits per heavy atom. The largest absolute Gasteiger partial charge is 0.313 e. The normalized spacial score (nSPS) is 21.9. The van der Waals surface area contributed by atoms with Crippen molar-refractivity contribution < 1.29 is 0 Å². The van der Waals surface area contributed by atoms with E-state index < -0.39 is 0 Å². The number of nitrogens with zero attached hydrogens (tertiary/aromatic N) is 1. The van der Waals surface area contributed by atoms with E-state index in [4.69, 9.17) is 0 Å². The number of hydrogen-bond donors (Lipinski definition) is 1. The molecule has 0 aromatic heterocycles. The van der Waals surface area contributed by atoms with Crippen LogP contribution in [0.15, 0.2) is 28.7 Å². The third kappa shape index (κ3) is 4.48. The maximum atomic E-state index is 3.67. The summed E-state index contributed by atoms with van der Waals surface area (Å²) >= 11 is 5.81. The Hall–Kier alpha value is -0.0300. The minimum atomic E-state index is 0.431. The third-order valence-corrected chi connectivity index (χ3v) is 6.14. The summed E-state index contributed by atoms with van der Waals surface area (Å²) in [6.45, 7) is 5.99. The highest BCUT2D eigenvalue weighted by Gasteiger charge is 2.20. The van der Waals surface area contributed by atoms with E-state index in [0.29, 0.717) is 6.04 Å². The fraction of sp³-hybridized carbons (Fsp3) is 0.625. The highest BCUT2D eigenvalue weighted by molar-refractivity contribution is 9.10. The van der Waals surface area contributed by atoms with E-state index in [2.05, 4.69) is 76.1 Å². The second-order valence-corrected chi connectivity index (χ2v) is 7.62. The van der Waals surface area contributed by atoms with Gasteiger partial charge in [0.2, 0.25) is 0 Å². The zero-order chi connectivity index (χ0) is 14.4. The van der Waals surface area contributed by atoms with Crippen molar-refractivity contribution in [2.75, 3.05) is 32.4 Å². The molecule has 2 atom stereocenters. The van der Waals surface area contributed by atoms with E-state index in [1.165, 1.54) is 48.3 Å². The van der Waals surface area contributed by atoms with Gasteiger partial charge in [0.15, 0.2) is 0 Å². The molecule has 20 heavy (non-hydrogen) atoms. The van der Waals surface area contributed by atoms with E-state index >= 15 is 0 Å². The fourth-order valence-corrected chi connectivity index (χ4v) is 4.57. The Morgan fingerprint density at radius 1 is 1.45 bits per heavy atom. The van der Waals surface area contributed by atoms with Crippen molar-refractivity contribution in [1.82, 2.24) is 10.2 Å². The highest BCUT2D eigenvalue weighted by Crippen LogP contribution is 2.26. The molecule has 0 radical (unpaired) electrons. The zero-order valence-corrected chi connectivity index (χ0v) is 14.8. The topological polar surface area (TPSA) is 15.3 Å². The van der Waals surface area contributed by atoms with Crippen LogP contribution in [0.2, 0.25) is 0 Å². The van der Waals surface area contributed by atoms with E-state index in [-0.39, 0.29) is 0 Å². The molecule has 0 spiro atoms. The van der Waals surface area contributed by atoms with Gasteiger partial charge in [0, 0.05) is 41.2 Å². The summed E-state index contributed by atoms with van der Waals surface area (Å²) in [4.78, 5) is 2.63. The maximum absolute atomic E-state index is 3.67. The van der Waals surface area contributed by atoms with Crippen molar-refractivity contribution in [3.05, 3.63) is 34.3 Å². The minimum absolute atomic E-state index is 0.431. The smallest absolute Gasteiger partial charge is 0.0340 e. The number of thioether (sulfide) groups is 1. The number of hydrogen-bond acceptors (Lipinski definition) is 3. The van der Waals surface area contributed by atoms with Gasteiger partial charge in [-0.3, -0.25) is 0 Å². The molecule has 1 aliphatic heterocycles. The van der Waals surface area contributed by atoms with Crippen LogP contribution in [0.4, 0.5) is 0 Å². The van der Waals surface area contributed by atoms with Crippen LogP contribution < -0.4 is 5.32 Å². The standard InChI is InChI=1S/C16H25BrN2S/c1-3-13-12-19(10-11-20-13)9-8-16(18-2)14-6-4-5-7-15(14)17/h4-7,13,16,18H,3,8-12H2,1-2H3. The quantitative estimate of drug-likeness (QED) is 0.831. The number of halogens is 1. The molecule has 4 heteroatoms. The predicted octanol–water partition coefficient (Wildman–Crippen LogP) is 3.93. The molecule has 0 aliphatic carbocycles. The summed E-state index contributed by atoms with van der Waals surface area (Å²) in [6, 6.07) is 8.97. The molecular formula is C16H25BrN2S. The van der Waals surface area contributed by atoms with Crippen molar-refractivity contribution in [1.29, 1.82) is 0 Å². The summed E-state index contributed by atoms with van der Waals surface area (Å²) in [5, 5.41) is 4.30. The first-order valence-corrected chi connectivity index (χ1v) is 9.34. The van der Waals surface area contributed by atoms with Crippen LogP contribution in [0.3, 0.4) is 0 Å². The van der Waals surface area contributed by atoms with Crippen molar-refractivity contribution in [3.8, 4) is 0 Å². The second-order valence-electron chi connectivity index (χ2n) is 5.35. The van der Waals surface area contributed by atoms with Gasteiger partial charge in [-0.1, -0.05) is 41.1 Å². The first-order chi connectivity index (χ1) is 9.74. The molecule has 0 bridgehead atoms. The van der Waals surface area contributed by atoms with Crippen molar-refractivity contribution in [2.45, 2.75) is 31.1 Å². The average Bonchev–Trinajstić information content (AvgIpc) is 2.49. The molecule has 2 unspecified atom stereocenters. The molecule has 2 nitrogen and oxygen atoms in total. The van der Waals surface area contributed by atoms with Gasteiger partial charge < -0.3 is 10.2 Å². The molecule has 2 rings (SSSR count). The Bertz CT molecular complexity index is 413. The first-order valence-electron chi connectivity index (χ1n) is 7.50. The number of benzene rings is 1. The van der Waals surface area contributed by atoms with Crippen LogP contribution in [0.5, 0.6) is 0 Å². The van der Waals surface area contributed by atoms with Gasteiger partial charge in [0.05, 0.1) is 0 Å². The summed E-state index contributed by atoms with van der Waals surface area (Å²) in [5.74, 6) is 1.29. The first kappa shape index (κ1) is 16.3. The molecule has 112 valence electrons. The molecular weight excluding hydrogens is 332 g/mol. The molecule has 1 aromatic carbocycles. The van der Waals surface area contributed by atoms with Crippen LogP contribution in [0.25, 0.3) is 0 Å². The van der Waals surface area contributed by atoms with E-state index in [1.54, 1.807) is 0 Å². The lowest BCUT2D eigenvalue weighted by Crippen LogP contribution is -2.39. The summed E-state index contributed by atoms with van der Waals surface area (Å²) in [5.41, 5.74) is 1.37. The average molecular weight is 357 g/mol. The molecule has 1 aliphatic rings. The lowest BCUT2D eigenvalue weighted by atomic mass is 10.0. The monoisotopic (exact) mass is 356 g/mol. The second kappa shape index (κ2) is 8.42. The van der Waals surface area contributed by atoms with E-state index in [9.17, 15) is 0 Å². The summed E-state index contributed by atoms with van der Waals surface area (Å²) in [6.07, 6.45) is 2.46. The Labute approximate surface area is 135 Å². The van der Waals surface area contributed by atoms with Gasteiger partial charge in [-0.25, -0.2) is 0 Å². The summed E-state index contributed by atoms with van der Waals surface area (Å²) < 4.78 is 1.21. The van der Waals surface area contributed by atoms with Gasteiger partial charge in [-0.05, 0) is 31.5 Å². The molecule has 1 saturated heterocycles. The lowest BCUT2D eigenvalue weighted by molar-refractivity contribution is 0.265. The van der Waals surface area contributed by atoms with E-state index in [0.717, 1.165) is 5.25 Å². The lowest BCUT2D eigenvalue weighted by Gasteiger charge is -2.33. The van der Waals surface area contributed by atoms with Crippen molar-refractivity contribution >= 4 is 27.7 Å². The van der Waals surface area contributed by atoms with Gasteiger partial charge in [-0.15, -0.1) is 0 Å². The molecule has 1 aromatic rings. The zero-order valence-electron chi connectivity index (χ0n) is 12.4. The van der Waals surface area contributed by atoms with Gasteiger partial charge >= 0.3 is 0 Å². The predicted molar refractivity (Wildman–Crippen MR) is 93.5 cm³/mol. The Balaban J connectivity index is 1.89. The summed E-state index contributed by atoms with van der Waals surface area (Å²) in [7, 11) is 2.06. The molecule has 1 heterocycles. The van der Waals surface area contributed by atoms with Gasteiger partial charge in [0.1, 0.15) is 0 Å².